The number of methoxy groups -OCH3 is 1. The Morgan fingerprint density at radius 3 is 2.58 bits per heavy atom. The van der Waals surface area contributed by atoms with Crippen LogP contribution in [-0.4, -0.2) is 46.9 Å². The lowest BCUT2D eigenvalue weighted by Crippen LogP contribution is -2.34. The third-order valence-corrected chi connectivity index (χ3v) is 4.06. The van der Waals surface area contributed by atoms with Gasteiger partial charge >= 0.3 is 5.97 Å². The number of imide groups is 1. The second kappa shape index (κ2) is 7.39. The first kappa shape index (κ1) is 17.9. The average molecular weight is 351 g/mol. The van der Waals surface area contributed by atoms with Gasteiger partial charge in [-0.3, -0.25) is 14.5 Å². The van der Waals surface area contributed by atoms with Crippen LogP contribution in [0.3, 0.4) is 0 Å². The highest BCUT2D eigenvalue weighted by Gasteiger charge is 2.36. The van der Waals surface area contributed by atoms with Crippen LogP contribution in [0.4, 0.5) is 4.79 Å². The summed E-state index contributed by atoms with van der Waals surface area (Å²) in [4.78, 5) is 36.2. The summed E-state index contributed by atoms with van der Waals surface area (Å²) < 4.78 is 10.3. The Morgan fingerprint density at radius 2 is 2.04 bits per heavy atom. The number of ether oxygens (including phenoxy) is 2. The van der Waals surface area contributed by atoms with Crippen molar-refractivity contribution in [3.05, 3.63) is 28.7 Å². The molecule has 128 valence electrons. The van der Waals surface area contributed by atoms with E-state index in [4.69, 9.17) is 14.6 Å². The van der Waals surface area contributed by atoms with Gasteiger partial charge in [0, 0.05) is 6.04 Å². The molecule has 0 aliphatic carbocycles. The maximum absolute atomic E-state index is 12.3. The number of thioether (sulfide) groups is 1. The number of hydrogen-bond acceptors (Lipinski definition) is 6. The summed E-state index contributed by atoms with van der Waals surface area (Å²) in [6.45, 7) is 3.07. The molecule has 1 N–H and O–H groups in total. The van der Waals surface area contributed by atoms with Crippen molar-refractivity contribution in [3.63, 3.8) is 0 Å². The minimum Gasteiger partial charge on any atom is -0.493 e. The highest BCUT2D eigenvalue weighted by molar-refractivity contribution is 8.18. The Hall–Kier alpha value is -2.48. The zero-order chi connectivity index (χ0) is 17.9. The van der Waals surface area contributed by atoms with Crippen LogP contribution in [0.5, 0.6) is 11.5 Å². The molecule has 8 heteroatoms. The third-order valence-electron chi connectivity index (χ3n) is 3.18. The molecule has 0 unspecified atom stereocenters. The van der Waals surface area contributed by atoms with E-state index in [0.717, 1.165) is 11.8 Å². The summed E-state index contributed by atoms with van der Waals surface area (Å²) in [6, 6.07) is 4.62. The molecule has 2 amide bonds. The molecule has 1 aliphatic rings. The van der Waals surface area contributed by atoms with E-state index in [9.17, 15) is 14.4 Å². The van der Waals surface area contributed by atoms with Crippen molar-refractivity contribution in [2.75, 3.05) is 13.7 Å². The number of hydrogen-bond donors (Lipinski definition) is 1. The average Bonchev–Trinajstić information content (AvgIpc) is 2.79. The summed E-state index contributed by atoms with van der Waals surface area (Å²) in [5.41, 5.74) is 0.642. The highest BCUT2D eigenvalue weighted by Crippen LogP contribution is 2.35. The van der Waals surface area contributed by atoms with Crippen molar-refractivity contribution in [2.24, 2.45) is 0 Å². The lowest BCUT2D eigenvalue weighted by Gasteiger charge is -2.16. The van der Waals surface area contributed by atoms with Crippen LogP contribution in [0.1, 0.15) is 19.4 Å². The SMILES string of the molecule is COc1cc(/C=C2/SC(=O)N(C(C)C)C2=O)ccc1OCC(=O)O. The van der Waals surface area contributed by atoms with E-state index in [0.29, 0.717) is 16.2 Å². The Kier molecular flexibility index (Phi) is 5.50. The first-order chi connectivity index (χ1) is 11.3. The van der Waals surface area contributed by atoms with Gasteiger partial charge in [-0.2, -0.15) is 0 Å². The van der Waals surface area contributed by atoms with Gasteiger partial charge in [-0.1, -0.05) is 6.07 Å². The summed E-state index contributed by atoms with van der Waals surface area (Å²) in [7, 11) is 1.43. The maximum atomic E-state index is 12.3. The van der Waals surface area contributed by atoms with E-state index < -0.39 is 12.6 Å². The molecule has 1 aromatic rings. The lowest BCUT2D eigenvalue weighted by atomic mass is 10.2. The molecule has 0 aromatic heterocycles. The van der Waals surface area contributed by atoms with E-state index in [1.807, 2.05) is 0 Å². The molecule has 0 spiro atoms. The Bertz CT molecular complexity index is 713. The van der Waals surface area contributed by atoms with Crippen LogP contribution in [0.25, 0.3) is 6.08 Å². The molecule has 0 radical (unpaired) electrons. The van der Waals surface area contributed by atoms with Gasteiger partial charge < -0.3 is 14.6 Å². The molecule has 1 heterocycles. The maximum Gasteiger partial charge on any atom is 0.341 e. The normalized spacial score (nSPS) is 16.2. The summed E-state index contributed by atoms with van der Waals surface area (Å²) >= 11 is 0.886. The molecule has 0 saturated carbocycles. The largest absolute Gasteiger partial charge is 0.493 e. The topological polar surface area (TPSA) is 93.1 Å². The second-order valence-corrected chi connectivity index (χ2v) is 6.23. The molecule has 1 fully saturated rings. The number of rotatable bonds is 6. The van der Waals surface area contributed by atoms with Crippen molar-refractivity contribution in [3.8, 4) is 11.5 Å². The van der Waals surface area contributed by atoms with Gasteiger partial charge in [-0.15, -0.1) is 0 Å². The van der Waals surface area contributed by atoms with E-state index in [2.05, 4.69) is 0 Å². The van der Waals surface area contributed by atoms with Crippen LogP contribution in [0.15, 0.2) is 23.1 Å². The summed E-state index contributed by atoms with van der Waals surface area (Å²) in [5, 5.41) is 8.36. The van der Waals surface area contributed by atoms with Gasteiger partial charge in [-0.05, 0) is 49.4 Å². The number of carboxylic acid groups (broad SMARTS) is 1. The smallest absolute Gasteiger partial charge is 0.341 e. The number of carbonyl (C=O) groups is 3. The number of nitrogens with zero attached hydrogens (tertiary/aromatic N) is 1. The van der Waals surface area contributed by atoms with Gasteiger partial charge in [0.15, 0.2) is 18.1 Å². The molecule has 24 heavy (non-hydrogen) atoms. The van der Waals surface area contributed by atoms with Crippen LogP contribution in [0.2, 0.25) is 0 Å². The third kappa shape index (κ3) is 3.88. The van der Waals surface area contributed by atoms with Crippen molar-refractivity contribution < 1.29 is 29.0 Å². The number of amides is 2. The Morgan fingerprint density at radius 1 is 1.33 bits per heavy atom. The number of benzene rings is 1. The van der Waals surface area contributed by atoms with Gasteiger partial charge in [0.2, 0.25) is 0 Å². The van der Waals surface area contributed by atoms with E-state index in [1.165, 1.54) is 12.0 Å². The minimum absolute atomic E-state index is 0.204. The first-order valence-corrected chi connectivity index (χ1v) is 7.94. The van der Waals surface area contributed by atoms with Crippen LogP contribution >= 0.6 is 11.8 Å². The Balaban J connectivity index is 2.25. The lowest BCUT2D eigenvalue weighted by molar-refractivity contribution is -0.139. The van der Waals surface area contributed by atoms with Crippen molar-refractivity contribution in [1.82, 2.24) is 4.90 Å². The van der Waals surface area contributed by atoms with E-state index >= 15 is 0 Å². The molecule has 0 bridgehead atoms. The predicted octanol–water partition coefficient (Wildman–Crippen LogP) is 2.60. The monoisotopic (exact) mass is 351 g/mol. The zero-order valence-corrected chi connectivity index (χ0v) is 14.3. The molecule has 7 nitrogen and oxygen atoms in total. The van der Waals surface area contributed by atoms with Crippen molar-refractivity contribution >= 4 is 35.0 Å². The molecule has 1 aliphatic heterocycles. The summed E-state index contributed by atoms with van der Waals surface area (Å²) in [6.07, 6.45) is 1.59. The molecule has 2 rings (SSSR count). The quantitative estimate of drug-likeness (QED) is 0.787. The van der Waals surface area contributed by atoms with E-state index in [-0.39, 0.29) is 22.9 Å². The van der Waals surface area contributed by atoms with Crippen LogP contribution in [-0.2, 0) is 9.59 Å². The van der Waals surface area contributed by atoms with E-state index in [1.54, 1.807) is 38.1 Å². The van der Waals surface area contributed by atoms with Gasteiger partial charge in [0.25, 0.3) is 11.1 Å². The number of carboxylic acids is 1. The molecular weight excluding hydrogens is 334 g/mol. The number of carbonyl (C=O) groups excluding carboxylic acids is 2. The first-order valence-electron chi connectivity index (χ1n) is 7.13. The fraction of sp³-hybridized carbons (Fsp3) is 0.312. The van der Waals surface area contributed by atoms with Gasteiger partial charge in [0.1, 0.15) is 0 Å². The van der Waals surface area contributed by atoms with Gasteiger partial charge in [0.05, 0.1) is 12.0 Å². The second-order valence-electron chi connectivity index (χ2n) is 5.24. The molecule has 0 atom stereocenters. The molecular formula is C16H17NO6S. The number of aliphatic carboxylic acids is 1. The summed E-state index contributed by atoms with van der Waals surface area (Å²) in [5.74, 6) is -0.797. The fourth-order valence-electron chi connectivity index (χ4n) is 2.11. The Labute approximate surface area is 143 Å². The van der Waals surface area contributed by atoms with Crippen LogP contribution in [0, 0.1) is 0 Å². The zero-order valence-electron chi connectivity index (χ0n) is 13.4. The standard InChI is InChI=1S/C16H17NO6S/c1-9(2)17-15(20)13(24-16(17)21)7-10-4-5-11(12(6-10)22-3)23-8-14(18)19/h4-7,9H,8H2,1-3H3,(H,18,19)/b13-7+. The minimum atomic E-state index is -1.09. The van der Waals surface area contributed by atoms with Crippen molar-refractivity contribution in [2.45, 2.75) is 19.9 Å². The molecule has 1 saturated heterocycles. The van der Waals surface area contributed by atoms with Crippen LogP contribution < -0.4 is 9.47 Å². The molecule has 1 aromatic carbocycles. The highest BCUT2D eigenvalue weighted by atomic mass is 32.2. The van der Waals surface area contributed by atoms with Gasteiger partial charge in [-0.25, -0.2) is 4.79 Å². The predicted molar refractivity (Wildman–Crippen MR) is 89.1 cm³/mol. The fourth-order valence-corrected chi connectivity index (χ4v) is 3.07. The van der Waals surface area contributed by atoms with Crippen molar-refractivity contribution in [1.29, 1.82) is 0 Å².